The van der Waals surface area contributed by atoms with E-state index < -0.39 is 0 Å². The number of carbonyl (C=O) groups excluding carboxylic acids is 1. The fourth-order valence-electron chi connectivity index (χ4n) is 1.74. The van der Waals surface area contributed by atoms with Crippen molar-refractivity contribution in [3.05, 3.63) is 64.7 Å². The van der Waals surface area contributed by atoms with Crippen LogP contribution in [-0.4, -0.2) is 6.29 Å². The topological polar surface area (TPSA) is 26.3 Å². The lowest BCUT2D eigenvalue weighted by Crippen LogP contribution is -1.98. The maximum atomic E-state index is 11.0. The summed E-state index contributed by atoms with van der Waals surface area (Å²) in [6, 6.07) is 13.8. The average molecular weight is 240 g/mol. The second-order valence-corrected chi connectivity index (χ2v) is 4.43. The zero-order valence-corrected chi connectivity index (χ0v) is 10.6. The van der Waals surface area contributed by atoms with Crippen molar-refractivity contribution in [1.29, 1.82) is 0 Å². The highest BCUT2D eigenvalue weighted by molar-refractivity contribution is 5.79. The summed E-state index contributed by atoms with van der Waals surface area (Å²) in [5.74, 6) is 0.635. The Morgan fingerprint density at radius 2 is 1.67 bits per heavy atom. The van der Waals surface area contributed by atoms with Crippen LogP contribution in [0.25, 0.3) is 0 Å². The van der Waals surface area contributed by atoms with Gasteiger partial charge in [-0.25, -0.2) is 0 Å². The third-order valence-electron chi connectivity index (χ3n) is 2.81. The Bertz CT molecular complexity index is 542. The van der Waals surface area contributed by atoms with Gasteiger partial charge >= 0.3 is 0 Å². The van der Waals surface area contributed by atoms with Crippen LogP contribution in [0.1, 0.15) is 27.0 Å². The summed E-state index contributed by atoms with van der Waals surface area (Å²) in [5, 5.41) is 0. The maximum absolute atomic E-state index is 11.0. The van der Waals surface area contributed by atoms with Crippen LogP contribution in [0, 0.1) is 13.8 Å². The monoisotopic (exact) mass is 240 g/mol. The Kier molecular flexibility index (Phi) is 3.78. The Labute approximate surface area is 107 Å². The molecule has 0 aliphatic heterocycles. The number of rotatable bonds is 4. The molecule has 0 bridgehead atoms. The highest BCUT2D eigenvalue weighted by Crippen LogP contribution is 2.19. The first-order valence-electron chi connectivity index (χ1n) is 5.93. The third-order valence-corrected chi connectivity index (χ3v) is 2.81. The summed E-state index contributed by atoms with van der Waals surface area (Å²) in [6.45, 7) is 4.48. The molecule has 0 aliphatic rings. The van der Waals surface area contributed by atoms with Gasteiger partial charge in [-0.2, -0.15) is 0 Å². The van der Waals surface area contributed by atoms with Crippen LogP contribution in [0.15, 0.2) is 42.5 Å². The quantitative estimate of drug-likeness (QED) is 0.762. The minimum atomic E-state index is 0.476. The van der Waals surface area contributed by atoms with Gasteiger partial charge < -0.3 is 4.74 Å². The molecule has 0 unspecified atom stereocenters. The van der Waals surface area contributed by atoms with Crippen molar-refractivity contribution in [2.24, 2.45) is 0 Å². The summed E-state index contributed by atoms with van der Waals surface area (Å²) < 4.78 is 5.68. The predicted octanol–water partition coefficient (Wildman–Crippen LogP) is 3.69. The number of aldehydes is 1. The normalized spacial score (nSPS) is 10.1. The largest absolute Gasteiger partial charge is 0.488 e. The molecule has 0 aliphatic carbocycles. The summed E-state index contributed by atoms with van der Waals surface area (Å²) >= 11 is 0. The number of carbonyl (C=O) groups is 1. The highest BCUT2D eigenvalue weighted by Gasteiger charge is 2.03. The molecule has 18 heavy (non-hydrogen) atoms. The molecule has 0 heterocycles. The van der Waals surface area contributed by atoms with Gasteiger partial charge in [-0.1, -0.05) is 41.5 Å². The van der Waals surface area contributed by atoms with Crippen LogP contribution < -0.4 is 4.74 Å². The maximum Gasteiger partial charge on any atom is 0.153 e. The van der Waals surface area contributed by atoms with E-state index in [0.717, 1.165) is 17.4 Å². The van der Waals surface area contributed by atoms with Gasteiger partial charge in [-0.05, 0) is 31.5 Å². The van der Waals surface area contributed by atoms with E-state index in [1.807, 2.05) is 37.3 Å². The number of aryl methyl sites for hydroxylation is 2. The molecule has 0 spiro atoms. The van der Waals surface area contributed by atoms with Gasteiger partial charge in [0, 0.05) is 0 Å². The van der Waals surface area contributed by atoms with Crippen molar-refractivity contribution in [2.75, 3.05) is 0 Å². The molecule has 0 aromatic heterocycles. The first-order valence-corrected chi connectivity index (χ1v) is 5.93. The van der Waals surface area contributed by atoms with Crippen LogP contribution in [0.3, 0.4) is 0 Å². The molecule has 2 aromatic carbocycles. The van der Waals surface area contributed by atoms with Crippen LogP contribution in [0.5, 0.6) is 5.75 Å². The van der Waals surface area contributed by atoms with E-state index >= 15 is 0 Å². The Morgan fingerprint density at radius 1 is 1.00 bits per heavy atom. The van der Waals surface area contributed by atoms with Gasteiger partial charge in [0.25, 0.3) is 0 Å². The molecule has 0 amide bonds. The summed E-state index contributed by atoms with van der Waals surface area (Å²) in [6.07, 6.45) is 0.831. The predicted molar refractivity (Wildman–Crippen MR) is 72.1 cm³/mol. The Hall–Kier alpha value is -2.09. The number of ether oxygens (including phenoxy) is 1. The Balaban J connectivity index is 2.10. The van der Waals surface area contributed by atoms with Gasteiger partial charge in [0.2, 0.25) is 0 Å². The number of hydrogen-bond donors (Lipinski definition) is 0. The van der Waals surface area contributed by atoms with E-state index in [4.69, 9.17) is 4.74 Å². The van der Waals surface area contributed by atoms with E-state index in [9.17, 15) is 4.79 Å². The van der Waals surface area contributed by atoms with Crippen molar-refractivity contribution >= 4 is 6.29 Å². The summed E-state index contributed by atoms with van der Waals surface area (Å²) in [4.78, 5) is 11.0. The zero-order valence-electron chi connectivity index (χ0n) is 10.6. The molecular weight excluding hydrogens is 224 g/mol. The second-order valence-electron chi connectivity index (χ2n) is 4.43. The fourth-order valence-corrected chi connectivity index (χ4v) is 1.74. The first kappa shape index (κ1) is 12.4. The van der Waals surface area contributed by atoms with Gasteiger partial charge in [-0.3, -0.25) is 4.79 Å². The number of hydrogen-bond acceptors (Lipinski definition) is 2. The lowest BCUT2D eigenvalue weighted by molar-refractivity contribution is 0.111. The number of benzene rings is 2. The SMILES string of the molecule is Cc1ccc(COc2ccc(C)cc2C=O)cc1. The molecule has 0 radical (unpaired) electrons. The molecule has 2 aromatic rings. The van der Waals surface area contributed by atoms with E-state index in [-0.39, 0.29) is 0 Å². The lowest BCUT2D eigenvalue weighted by Gasteiger charge is -2.09. The van der Waals surface area contributed by atoms with E-state index in [2.05, 4.69) is 19.1 Å². The van der Waals surface area contributed by atoms with E-state index in [0.29, 0.717) is 17.9 Å². The van der Waals surface area contributed by atoms with E-state index in [1.54, 1.807) is 0 Å². The van der Waals surface area contributed by atoms with Crippen molar-refractivity contribution in [3.8, 4) is 5.75 Å². The molecule has 2 rings (SSSR count). The Morgan fingerprint density at radius 3 is 2.33 bits per heavy atom. The minimum Gasteiger partial charge on any atom is -0.488 e. The van der Waals surface area contributed by atoms with Crippen molar-refractivity contribution < 1.29 is 9.53 Å². The standard InChI is InChI=1S/C16H16O2/c1-12-3-6-14(7-4-12)11-18-16-8-5-13(2)9-15(16)10-17/h3-10H,11H2,1-2H3. The van der Waals surface area contributed by atoms with Gasteiger partial charge in [0.05, 0.1) is 5.56 Å². The van der Waals surface area contributed by atoms with Crippen molar-refractivity contribution in [3.63, 3.8) is 0 Å². The third kappa shape index (κ3) is 2.98. The van der Waals surface area contributed by atoms with Gasteiger partial charge in [0.15, 0.2) is 6.29 Å². The van der Waals surface area contributed by atoms with Crippen LogP contribution in [0.2, 0.25) is 0 Å². The zero-order chi connectivity index (χ0) is 13.0. The molecule has 2 nitrogen and oxygen atoms in total. The van der Waals surface area contributed by atoms with Crippen LogP contribution in [-0.2, 0) is 6.61 Å². The molecule has 0 fully saturated rings. The fraction of sp³-hybridized carbons (Fsp3) is 0.188. The van der Waals surface area contributed by atoms with Gasteiger partial charge in [0.1, 0.15) is 12.4 Å². The highest BCUT2D eigenvalue weighted by atomic mass is 16.5. The molecule has 0 N–H and O–H groups in total. The molecule has 0 atom stereocenters. The first-order chi connectivity index (χ1) is 8.69. The smallest absolute Gasteiger partial charge is 0.153 e. The molecule has 92 valence electrons. The molecular formula is C16H16O2. The molecule has 0 saturated heterocycles. The lowest BCUT2D eigenvalue weighted by atomic mass is 10.1. The van der Waals surface area contributed by atoms with Gasteiger partial charge in [-0.15, -0.1) is 0 Å². The molecule has 0 saturated carbocycles. The minimum absolute atomic E-state index is 0.476. The van der Waals surface area contributed by atoms with Crippen molar-refractivity contribution in [1.82, 2.24) is 0 Å². The second kappa shape index (κ2) is 5.50. The average Bonchev–Trinajstić information content (AvgIpc) is 2.39. The molecule has 2 heteroatoms. The van der Waals surface area contributed by atoms with Crippen LogP contribution >= 0.6 is 0 Å². The van der Waals surface area contributed by atoms with E-state index in [1.165, 1.54) is 5.56 Å². The van der Waals surface area contributed by atoms with Crippen molar-refractivity contribution in [2.45, 2.75) is 20.5 Å². The van der Waals surface area contributed by atoms with Crippen LogP contribution in [0.4, 0.5) is 0 Å². The summed E-state index contributed by atoms with van der Waals surface area (Å²) in [7, 11) is 0. The summed E-state index contributed by atoms with van der Waals surface area (Å²) in [5.41, 5.74) is 3.97.